The molecule has 192 valence electrons. The predicted octanol–water partition coefficient (Wildman–Crippen LogP) is 3.59. The van der Waals surface area contributed by atoms with Crippen LogP contribution in [0.5, 0.6) is 5.75 Å². The molecule has 1 N–H and O–H groups in total. The molecular weight excluding hydrogens is 497 g/mol. The highest BCUT2D eigenvalue weighted by Crippen LogP contribution is 2.25. The molecule has 1 atom stereocenters. The molecule has 0 heterocycles. The van der Waals surface area contributed by atoms with Crippen molar-refractivity contribution < 1.29 is 27.1 Å². The minimum atomic E-state index is -3.95. The fourth-order valence-corrected chi connectivity index (χ4v) is 4.25. The number of hydrogen-bond acceptors (Lipinski definition) is 5. The van der Waals surface area contributed by atoms with Crippen LogP contribution in [0.25, 0.3) is 0 Å². The van der Waals surface area contributed by atoms with Gasteiger partial charge in [0.2, 0.25) is 21.8 Å². The van der Waals surface area contributed by atoms with Crippen LogP contribution in [0.1, 0.15) is 33.3 Å². The topological polar surface area (TPSA) is 96.0 Å². The number of nitrogens with one attached hydrogen (secondary N) is 1. The van der Waals surface area contributed by atoms with Crippen LogP contribution in [0.2, 0.25) is 5.02 Å². The van der Waals surface area contributed by atoms with Gasteiger partial charge in [-0.05, 0) is 63.6 Å². The van der Waals surface area contributed by atoms with E-state index in [0.717, 1.165) is 22.7 Å². The summed E-state index contributed by atoms with van der Waals surface area (Å²) in [6.45, 7) is 6.46. The molecule has 0 saturated heterocycles. The molecule has 2 aromatic carbocycles. The van der Waals surface area contributed by atoms with E-state index in [1.165, 1.54) is 18.1 Å². The summed E-state index contributed by atoms with van der Waals surface area (Å²) in [5, 5.41) is 2.56. The molecule has 0 aliphatic rings. The van der Waals surface area contributed by atoms with Gasteiger partial charge in [-0.15, -0.1) is 0 Å². The number of methoxy groups -OCH3 is 1. The summed E-state index contributed by atoms with van der Waals surface area (Å²) in [5.41, 5.74) is 0.206. The maximum Gasteiger partial charge on any atom is 0.244 e. The molecule has 0 saturated carbocycles. The Morgan fingerprint density at radius 1 is 1.14 bits per heavy atom. The first-order chi connectivity index (χ1) is 16.1. The average molecular weight is 528 g/mol. The highest BCUT2D eigenvalue weighted by atomic mass is 35.5. The molecule has 2 aromatic rings. The minimum absolute atomic E-state index is 0.0310. The van der Waals surface area contributed by atoms with Crippen molar-refractivity contribution in [2.24, 2.45) is 0 Å². The number of rotatable bonds is 9. The van der Waals surface area contributed by atoms with E-state index in [-0.39, 0.29) is 17.3 Å². The molecule has 0 bridgehead atoms. The number of amides is 2. The number of carbonyl (C=O) groups excluding carboxylic acids is 2. The molecule has 8 nitrogen and oxygen atoms in total. The number of carbonyl (C=O) groups is 2. The van der Waals surface area contributed by atoms with Gasteiger partial charge in [-0.2, -0.15) is 0 Å². The highest BCUT2D eigenvalue weighted by Gasteiger charge is 2.31. The lowest BCUT2D eigenvalue weighted by Gasteiger charge is -2.33. The van der Waals surface area contributed by atoms with Gasteiger partial charge in [0.1, 0.15) is 24.2 Å². The van der Waals surface area contributed by atoms with E-state index in [4.69, 9.17) is 16.3 Å². The molecule has 0 spiro atoms. The van der Waals surface area contributed by atoms with Gasteiger partial charge in [0.05, 0.1) is 24.1 Å². The average Bonchev–Trinajstić information content (AvgIpc) is 2.75. The fourth-order valence-electron chi connectivity index (χ4n) is 3.24. The SMILES string of the molecule is COc1ccc(CN(C(=O)CN(c2ccc(F)c(Cl)c2)S(C)(=O)=O)[C@H](C)C(=O)NC(C)(C)C)cc1. The second-order valence-corrected chi connectivity index (χ2v) is 11.5. The number of hydrogen-bond donors (Lipinski definition) is 1. The minimum Gasteiger partial charge on any atom is -0.497 e. The first-order valence-electron chi connectivity index (χ1n) is 10.8. The van der Waals surface area contributed by atoms with Crippen molar-refractivity contribution in [3.8, 4) is 5.75 Å². The molecule has 0 fully saturated rings. The van der Waals surface area contributed by atoms with Gasteiger partial charge in [0.15, 0.2) is 0 Å². The number of benzene rings is 2. The summed E-state index contributed by atoms with van der Waals surface area (Å²) in [5.74, 6) is -1.11. The van der Waals surface area contributed by atoms with Gasteiger partial charge in [-0.25, -0.2) is 12.8 Å². The van der Waals surface area contributed by atoms with Gasteiger partial charge < -0.3 is 15.0 Å². The molecule has 0 aliphatic carbocycles. The van der Waals surface area contributed by atoms with E-state index in [1.807, 2.05) is 20.8 Å². The lowest BCUT2D eigenvalue weighted by atomic mass is 10.1. The molecule has 2 rings (SSSR count). The van der Waals surface area contributed by atoms with E-state index < -0.39 is 45.8 Å². The molecule has 0 unspecified atom stereocenters. The van der Waals surface area contributed by atoms with E-state index in [0.29, 0.717) is 11.3 Å². The molecule has 0 aliphatic heterocycles. The second-order valence-electron chi connectivity index (χ2n) is 9.15. The number of sulfonamides is 1. The molecule has 35 heavy (non-hydrogen) atoms. The zero-order valence-electron chi connectivity index (χ0n) is 20.6. The third kappa shape index (κ3) is 8.10. The highest BCUT2D eigenvalue weighted by molar-refractivity contribution is 7.92. The monoisotopic (exact) mass is 527 g/mol. The molecule has 0 aromatic heterocycles. The van der Waals surface area contributed by atoms with Gasteiger partial charge >= 0.3 is 0 Å². The number of nitrogens with zero attached hydrogens (tertiary/aromatic N) is 2. The Kier molecular flexibility index (Phi) is 9.13. The summed E-state index contributed by atoms with van der Waals surface area (Å²) in [6, 6.07) is 9.41. The quantitative estimate of drug-likeness (QED) is 0.537. The molecule has 2 amide bonds. The van der Waals surface area contributed by atoms with Crippen LogP contribution in [0, 0.1) is 5.82 Å². The van der Waals surface area contributed by atoms with Crippen LogP contribution >= 0.6 is 11.6 Å². The van der Waals surface area contributed by atoms with Gasteiger partial charge in [0, 0.05) is 12.1 Å². The zero-order valence-corrected chi connectivity index (χ0v) is 22.2. The van der Waals surface area contributed by atoms with E-state index in [9.17, 15) is 22.4 Å². The first kappa shape index (κ1) is 28.4. The third-order valence-electron chi connectivity index (χ3n) is 5.05. The lowest BCUT2D eigenvalue weighted by Crippen LogP contribution is -2.54. The smallest absolute Gasteiger partial charge is 0.244 e. The van der Waals surface area contributed by atoms with Crippen molar-refractivity contribution in [1.29, 1.82) is 0 Å². The Labute approximate surface area is 211 Å². The maximum absolute atomic E-state index is 13.6. The van der Waals surface area contributed by atoms with Crippen LogP contribution in [-0.2, 0) is 26.2 Å². The van der Waals surface area contributed by atoms with E-state index in [2.05, 4.69) is 5.32 Å². The number of ether oxygens (including phenoxy) is 1. The third-order valence-corrected chi connectivity index (χ3v) is 6.48. The molecule has 0 radical (unpaired) electrons. The lowest BCUT2D eigenvalue weighted by molar-refractivity contribution is -0.140. The van der Waals surface area contributed by atoms with Crippen molar-refractivity contribution in [1.82, 2.24) is 10.2 Å². The Balaban J connectivity index is 2.42. The second kappa shape index (κ2) is 11.3. The molecule has 11 heteroatoms. The predicted molar refractivity (Wildman–Crippen MR) is 135 cm³/mol. The van der Waals surface area contributed by atoms with Gasteiger partial charge in [0.25, 0.3) is 0 Å². The van der Waals surface area contributed by atoms with Gasteiger partial charge in [-0.1, -0.05) is 23.7 Å². The number of anilines is 1. The Bertz CT molecular complexity index is 1170. The maximum atomic E-state index is 13.6. The summed E-state index contributed by atoms with van der Waals surface area (Å²) >= 11 is 5.84. The number of halogens is 2. The summed E-state index contributed by atoms with van der Waals surface area (Å²) in [7, 11) is -2.41. The van der Waals surface area contributed by atoms with Crippen molar-refractivity contribution in [3.63, 3.8) is 0 Å². The van der Waals surface area contributed by atoms with Crippen molar-refractivity contribution in [3.05, 3.63) is 58.9 Å². The van der Waals surface area contributed by atoms with Crippen molar-refractivity contribution >= 4 is 39.1 Å². The van der Waals surface area contributed by atoms with Gasteiger partial charge in [-0.3, -0.25) is 13.9 Å². The normalized spacial score (nSPS) is 12.6. The van der Waals surface area contributed by atoms with Crippen LogP contribution in [0.15, 0.2) is 42.5 Å². The van der Waals surface area contributed by atoms with Crippen LogP contribution in [0.3, 0.4) is 0 Å². The van der Waals surface area contributed by atoms with Crippen molar-refractivity contribution in [2.45, 2.75) is 45.8 Å². The molecular formula is C24H31ClFN3O5S. The van der Waals surface area contributed by atoms with E-state index in [1.54, 1.807) is 31.2 Å². The van der Waals surface area contributed by atoms with Crippen molar-refractivity contribution in [2.75, 3.05) is 24.2 Å². The zero-order chi connectivity index (χ0) is 26.6. The Morgan fingerprint density at radius 2 is 1.74 bits per heavy atom. The Morgan fingerprint density at radius 3 is 2.23 bits per heavy atom. The first-order valence-corrected chi connectivity index (χ1v) is 13.0. The van der Waals surface area contributed by atoms with Crippen LogP contribution in [-0.4, -0.2) is 56.6 Å². The summed E-state index contributed by atoms with van der Waals surface area (Å²) in [6.07, 6.45) is 0.932. The fraction of sp³-hybridized carbons (Fsp3) is 0.417. The van der Waals surface area contributed by atoms with E-state index >= 15 is 0 Å². The standard InChI is InChI=1S/C24H31ClFN3O5S/c1-16(23(31)27-24(2,3)4)28(14-17-7-10-19(34-5)11-8-17)22(30)15-29(35(6,32)33)18-9-12-21(26)20(25)13-18/h7-13,16H,14-15H2,1-6H3,(H,27,31)/t16-/m1/s1. The van der Waals surface area contributed by atoms with Crippen LogP contribution < -0.4 is 14.4 Å². The van der Waals surface area contributed by atoms with Crippen LogP contribution in [0.4, 0.5) is 10.1 Å². The summed E-state index contributed by atoms with van der Waals surface area (Å²) in [4.78, 5) is 27.7. The largest absolute Gasteiger partial charge is 0.497 e. The Hall–Kier alpha value is -2.85. The summed E-state index contributed by atoms with van der Waals surface area (Å²) < 4.78 is 44.7.